The molecule has 3 aromatic rings. The topological polar surface area (TPSA) is 59.2 Å². The number of benzene rings is 2. The van der Waals surface area contributed by atoms with E-state index in [1.54, 1.807) is 4.90 Å². The summed E-state index contributed by atoms with van der Waals surface area (Å²) in [6.45, 7) is 1.21. The van der Waals surface area contributed by atoms with Gasteiger partial charge in [-0.05, 0) is 49.2 Å². The van der Waals surface area contributed by atoms with Crippen molar-refractivity contribution < 1.29 is 13.7 Å². The Morgan fingerprint density at radius 2 is 1.88 bits per heavy atom. The van der Waals surface area contributed by atoms with E-state index in [1.807, 2.05) is 30.3 Å². The van der Waals surface area contributed by atoms with Crippen LogP contribution < -0.4 is 0 Å². The quantitative estimate of drug-likeness (QED) is 0.718. The van der Waals surface area contributed by atoms with Crippen LogP contribution in [0.25, 0.3) is 11.5 Å². The highest BCUT2D eigenvalue weighted by molar-refractivity contribution is 5.94. The minimum atomic E-state index is -0.349. The third-order valence-corrected chi connectivity index (χ3v) is 4.63. The molecule has 0 saturated carbocycles. The van der Waals surface area contributed by atoms with Crippen molar-refractivity contribution in [2.24, 2.45) is 0 Å². The second-order valence-corrected chi connectivity index (χ2v) is 6.42. The average Bonchev–Trinajstić information content (AvgIpc) is 3.19. The Bertz CT molecular complexity index is 893. The number of carbonyl (C=O) groups is 1. The van der Waals surface area contributed by atoms with Crippen LogP contribution in [0.3, 0.4) is 0 Å². The van der Waals surface area contributed by atoms with Gasteiger partial charge in [0, 0.05) is 30.1 Å². The van der Waals surface area contributed by atoms with E-state index in [4.69, 9.17) is 4.52 Å². The average molecular weight is 351 g/mol. The lowest BCUT2D eigenvalue weighted by Gasteiger charge is -2.31. The number of hydrogen-bond donors (Lipinski definition) is 0. The Kier molecular flexibility index (Phi) is 4.48. The van der Waals surface area contributed by atoms with Crippen LogP contribution in [0.2, 0.25) is 0 Å². The highest BCUT2D eigenvalue weighted by atomic mass is 19.1. The van der Waals surface area contributed by atoms with Crippen LogP contribution in [0, 0.1) is 5.82 Å². The van der Waals surface area contributed by atoms with Gasteiger partial charge in [-0.2, -0.15) is 4.98 Å². The number of hydrogen-bond acceptors (Lipinski definition) is 4. The van der Waals surface area contributed by atoms with Gasteiger partial charge in [0.15, 0.2) is 5.82 Å². The van der Waals surface area contributed by atoms with Crippen LogP contribution in [0.1, 0.15) is 34.9 Å². The van der Waals surface area contributed by atoms with Gasteiger partial charge in [-0.3, -0.25) is 4.79 Å². The maximum atomic E-state index is 13.1. The molecule has 1 aliphatic rings. The van der Waals surface area contributed by atoms with Crippen molar-refractivity contribution in [2.45, 2.75) is 18.8 Å². The van der Waals surface area contributed by atoms with Gasteiger partial charge in [0.1, 0.15) is 5.82 Å². The van der Waals surface area contributed by atoms with Crippen molar-refractivity contribution >= 4 is 5.91 Å². The number of piperidine rings is 1. The minimum Gasteiger partial charge on any atom is -0.338 e. The largest absolute Gasteiger partial charge is 0.338 e. The Balaban J connectivity index is 1.49. The summed E-state index contributed by atoms with van der Waals surface area (Å²) in [5.74, 6) is 0.706. The summed E-state index contributed by atoms with van der Waals surface area (Å²) >= 11 is 0. The third kappa shape index (κ3) is 3.35. The molecule has 0 bridgehead atoms. The van der Waals surface area contributed by atoms with Gasteiger partial charge in [0.2, 0.25) is 0 Å². The van der Waals surface area contributed by atoms with E-state index in [2.05, 4.69) is 10.1 Å². The fourth-order valence-electron chi connectivity index (χ4n) is 3.25. The molecule has 0 aliphatic carbocycles. The first-order valence-corrected chi connectivity index (χ1v) is 8.64. The van der Waals surface area contributed by atoms with E-state index in [0.717, 1.165) is 18.4 Å². The lowest BCUT2D eigenvalue weighted by atomic mass is 9.96. The summed E-state index contributed by atoms with van der Waals surface area (Å²) in [7, 11) is 0. The monoisotopic (exact) mass is 351 g/mol. The molecular weight excluding hydrogens is 333 g/mol. The summed E-state index contributed by atoms with van der Waals surface area (Å²) in [6.07, 6.45) is 1.77. The molecule has 0 spiro atoms. The molecule has 1 amide bonds. The van der Waals surface area contributed by atoms with E-state index in [1.165, 1.54) is 24.3 Å². The number of aromatic nitrogens is 2. The Hall–Kier alpha value is -3.02. The first kappa shape index (κ1) is 16.4. The maximum absolute atomic E-state index is 13.1. The van der Waals surface area contributed by atoms with Crippen LogP contribution in [-0.2, 0) is 0 Å². The number of likely N-dealkylation sites (tertiary alicyclic amines) is 1. The van der Waals surface area contributed by atoms with Gasteiger partial charge >= 0.3 is 0 Å². The molecule has 0 radical (unpaired) electrons. The molecule has 0 N–H and O–H groups in total. The summed E-state index contributed by atoms with van der Waals surface area (Å²) in [4.78, 5) is 18.9. The molecule has 26 heavy (non-hydrogen) atoms. The van der Waals surface area contributed by atoms with Crippen molar-refractivity contribution in [1.82, 2.24) is 15.0 Å². The van der Waals surface area contributed by atoms with Crippen LogP contribution >= 0.6 is 0 Å². The van der Waals surface area contributed by atoms with Gasteiger partial charge in [0.25, 0.3) is 11.8 Å². The van der Waals surface area contributed by atoms with Crippen molar-refractivity contribution in [3.63, 3.8) is 0 Å². The molecule has 1 unspecified atom stereocenters. The zero-order valence-electron chi connectivity index (χ0n) is 14.1. The fourth-order valence-corrected chi connectivity index (χ4v) is 3.25. The molecule has 5 nitrogen and oxygen atoms in total. The van der Waals surface area contributed by atoms with Crippen molar-refractivity contribution in [1.29, 1.82) is 0 Å². The second-order valence-electron chi connectivity index (χ2n) is 6.42. The van der Waals surface area contributed by atoms with E-state index in [0.29, 0.717) is 30.4 Å². The normalized spacial score (nSPS) is 17.3. The van der Waals surface area contributed by atoms with Crippen LogP contribution in [-0.4, -0.2) is 34.0 Å². The summed E-state index contributed by atoms with van der Waals surface area (Å²) in [5, 5.41) is 4.12. The number of amides is 1. The Morgan fingerprint density at radius 3 is 2.65 bits per heavy atom. The summed E-state index contributed by atoms with van der Waals surface area (Å²) < 4.78 is 18.5. The molecule has 1 atom stereocenters. The van der Waals surface area contributed by atoms with Crippen molar-refractivity contribution in [3.05, 3.63) is 71.8 Å². The number of nitrogens with zero attached hydrogens (tertiary/aromatic N) is 3. The van der Waals surface area contributed by atoms with E-state index >= 15 is 0 Å². The fraction of sp³-hybridized carbons (Fsp3) is 0.250. The molecular formula is C20H18FN3O2. The molecule has 132 valence electrons. The molecule has 2 heterocycles. The molecule has 4 rings (SSSR count). The predicted octanol–water partition coefficient (Wildman–Crippen LogP) is 3.90. The summed E-state index contributed by atoms with van der Waals surface area (Å²) in [5.41, 5.74) is 1.37. The summed E-state index contributed by atoms with van der Waals surface area (Å²) in [6, 6.07) is 15.3. The van der Waals surface area contributed by atoms with Gasteiger partial charge < -0.3 is 9.42 Å². The van der Waals surface area contributed by atoms with Crippen LogP contribution in [0.5, 0.6) is 0 Å². The van der Waals surface area contributed by atoms with Crippen LogP contribution in [0.4, 0.5) is 4.39 Å². The Labute approximate surface area is 150 Å². The molecule has 1 fully saturated rings. The Morgan fingerprint density at radius 1 is 1.12 bits per heavy atom. The van der Waals surface area contributed by atoms with E-state index in [-0.39, 0.29) is 17.6 Å². The first-order chi connectivity index (χ1) is 12.7. The second kappa shape index (κ2) is 7.07. The lowest BCUT2D eigenvalue weighted by Crippen LogP contribution is -2.39. The predicted molar refractivity (Wildman–Crippen MR) is 94.0 cm³/mol. The van der Waals surface area contributed by atoms with E-state index < -0.39 is 0 Å². The zero-order chi connectivity index (χ0) is 17.9. The van der Waals surface area contributed by atoms with Crippen molar-refractivity contribution in [2.75, 3.05) is 13.1 Å². The number of halogens is 1. The highest BCUT2D eigenvalue weighted by Crippen LogP contribution is 2.28. The number of carbonyl (C=O) groups excluding carboxylic acids is 1. The van der Waals surface area contributed by atoms with Gasteiger partial charge in [-0.25, -0.2) is 4.39 Å². The third-order valence-electron chi connectivity index (χ3n) is 4.63. The van der Waals surface area contributed by atoms with Crippen LogP contribution in [0.15, 0.2) is 59.1 Å². The standard InChI is InChI=1S/C20H18FN3O2/c21-17-10-8-15(9-11-17)20(25)24-12-4-7-16(13-24)18-22-19(26-23-18)14-5-2-1-3-6-14/h1-3,5-6,8-11,16H,4,7,12-13H2. The van der Waals surface area contributed by atoms with Gasteiger partial charge in [-0.15, -0.1) is 0 Å². The maximum Gasteiger partial charge on any atom is 0.257 e. The first-order valence-electron chi connectivity index (χ1n) is 8.64. The molecule has 2 aromatic carbocycles. The van der Waals surface area contributed by atoms with E-state index in [9.17, 15) is 9.18 Å². The molecule has 6 heteroatoms. The van der Waals surface area contributed by atoms with Gasteiger partial charge in [0.05, 0.1) is 0 Å². The minimum absolute atomic E-state index is 0.0364. The highest BCUT2D eigenvalue weighted by Gasteiger charge is 2.28. The van der Waals surface area contributed by atoms with Gasteiger partial charge in [-0.1, -0.05) is 23.4 Å². The molecule has 1 aliphatic heterocycles. The smallest absolute Gasteiger partial charge is 0.257 e. The van der Waals surface area contributed by atoms with Crippen molar-refractivity contribution in [3.8, 4) is 11.5 Å². The SMILES string of the molecule is O=C(c1ccc(F)cc1)N1CCCC(c2noc(-c3ccccc3)n2)C1. The molecule has 1 saturated heterocycles. The number of rotatable bonds is 3. The lowest BCUT2D eigenvalue weighted by molar-refractivity contribution is 0.0703. The zero-order valence-corrected chi connectivity index (χ0v) is 14.1. The molecule has 1 aromatic heterocycles.